The van der Waals surface area contributed by atoms with E-state index in [9.17, 15) is 18.4 Å². The molecule has 0 saturated heterocycles. The molecule has 1 aliphatic carbocycles. The molecular formula is C25H28N6O5S. The summed E-state index contributed by atoms with van der Waals surface area (Å²) in [5.41, 5.74) is 3.10. The van der Waals surface area contributed by atoms with Crippen LogP contribution in [0.25, 0.3) is 10.9 Å². The van der Waals surface area contributed by atoms with E-state index in [-0.39, 0.29) is 18.4 Å². The summed E-state index contributed by atoms with van der Waals surface area (Å²) in [4.78, 5) is 21.4. The summed E-state index contributed by atoms with van der Waals surface area (Å²) in [6.07, 6.45) is 8.52. The number of oxime groups is 1. The van der Waals surface area contributed by atoms with Crippen LogP contribution < -0.4 is 10.1 Å². The number of ether oxygens (including phenoxy) is 1. The van der Waals surface area contributed by atoms with Crippen LogP contribution in [0.5, 0.6) is 11.6 Å². The molecule has 0 bridgehead atoms. The maximum Gasteiger partial charge on any atom is 0.331 e. The lowest BCUT2D eigenvalue weighted by molar-refractivity contribution is 0.246. The lowest BCUT2D eigenvalue weighted by atomic mass is 10.0. The van der Waals surface area contributed by atoms with Gasteiger partial charge in [0.2, 0.25) is 15.9 Å². The Morgan fingerprint density at radius 2 is 2.05 bits per heavy atom. The highest BCUT2D eigenvalue weighted by molar-refractivity contribution is 7.88. The number of allylic oxidation sites excluding steroid dienone is 1. The maximum atomic E-state index is 12.9. The summed E-state index contributed by atoms with van der Waals surface area (Å²) < 4.78 is 33.2. The lowest BCUT2D eigenvalue weighted by Gasteiger charge is -2.32. The third-order valence-corrected chi connectivity index (χ3v) is 8.08. The van der Waals surface area contributed by atoms with Gasteiger partial charge in [0.25, 0.3) is 0 Å². The molecule has 0 unspecified atom stereocenters. The predicted octanol–water partition coefficient (Wildman–Crippen LogP) is 3.63. The number of aromatic nitrogens is 3. The molecule has 1 atom stereocenters. The summed E-state index contributed by atoms with van der Waals surface area (Å²) >= 11 is 0. The average molecular weight is 525 g/mol. The van der Waals surface area contributed by atoms with Crippen LogP contribution in [0.4, 0.5) is 4.79 Å². The zero-order valence-corrected chi connectivity index (χ0v) is 21.6. The van der Waals surface area contributed by atoms with E-state index in [0.717, 1.165) is 29.4 Å². The van der Waals surface area contributed by atoms with Crippen molar-refractivity contribution < 1.29 is 23.2 Å². The van der Waals surface area contributed by atoms with E-state index in [0.29, 0.717) is 35.2 Å². The molecule has 2 aromatic heterocycles. The van der Waals surface area contributed by atoms with Gasteiger partial charge in [0.05, 0.1) is 24.0 Å². The second kappa shape index (κ2) is 9.60. The Balaban J connectivity index is 1.35. The minimum absolute atomic E-state index is 0.0911. The molecule has 5 rings (SSSR count). The molecule has 2 N–H and O–H groups in total. The van der Waals surface area contributed by atoms with Crippen molar-refractivity contribution in [3.8, 4) is 11.6 Å². The van der Waals surface area contributed by atoms with Gasteiger partial charge in [-0.25, -0.2) is 23.2 Å². The van der Waals surface area contributed by atoms with E-state index in [4.69, 9.17) is 4.74 Å². The van der Waals surface area contributed by atoms with Gasteiger partial charge in [0.15, 0.2) is 5.84 Å². The van der Waals surface area contributed by atoms with Gasteiger partial charge in [-0.15, -0.1) is 0 Å². The van der Waals surface area contributed by atoms with Gasteiger partial charge in [-0.3, -0.25) is 9.88 Å². The number of amidine groups is 1. The minimum Gasteiger partial charge on any atom is -0.439 e. The Bertz CT molecular complexity index is 1540. The smallest absolute Gasteiger partial charge is 0.331 e. The van der Waals surface area contributed by atoms with Gasteiger partial charge in [-0.05, 0) is 69.4 Å². The third kappa shape index (κ3) is 5.20. The van der Waals surface area contributed by atoms with E-state index in [1.54, 1.807) is 36.5 Å². The number of amides is 1. The van der Waals surface area contributed by atoms with Crippen molar-refractivity contribution in [1.82, 2.24) is 24.2 Å². The Kier molecular flexibility index (Phi) is 6.46. The first kappa shape index (κ1) is 24.9. The van der Waals surface area contributed by atoms with Gasteiger partial charge in [0.1, 0.15) is 12.1 Å². The zero-order valence-electron chi connectivity index (χ0n) is 20.7. The second-order valence-corrected chi connectivity index (χ2v) is 11.5. The lowest BCUT2D eigenvalue weighted by Crippen LogP contribution is -2.42. The van der Waals surface area contributed by atoms with Gasteiger partial charge in [-0.2, -0.15) is 4.31 Å². The highest BCUT2D eigenvalue weighted by Gasteiger charge is 2.32. The van der Waals surface area contributed by atoms with E-state index >= 15 is 0 Å². The molecule has 3 aromatic rings. The number of nitrogens with zero attached hydrogens (tertiary/aromatic N) is 5. The highest BCUT2D eigenvalue weighted by Crippen LogP contribution is 2.36. The number of benzene rings is 1. The fraction of sp³-hybridized carbons (Fsp3) is 0.360. The van der Waals surface area contributed by atoms with Crippen molar-refractivity contribution in [2.75, 3.05) is 6.26 Å². The zero-order chi connectivity index (χ0) is 26.3. The van der Waals surface area contributed by atoms with E-state index in [1.165, 1.54) is 21.5 Å². The van der Waals surface area contributed by atoms with Crippen LogP contribution in [0.1, 0.15) is 37.9 Å². The van der Waals surface area contributed by atoms with Crippen molar-refractivity contribution >= 4 is 32.8 Å². The average Bonchev–Trinajstić information content (AvgIpc) is 3.62. The molecule has 37 heavy (non-hydrogen) atoms. The fourth-order valence-corrected chi connectivity index (χ4v) is 5.69. The van der Waals surface area contributed by atoms with Crippen LogP contribution in [0.15, 0.2) is 53.6 Å². The first-order valence-corrected chi connectivity index (χ1v) is 13.8. The van der Waals surface area contributed by atoms with Gasteiger partial charge in [-0.1, -0.05) is 10.7 Å². The Hall–Kier alpha value is -3.77. The topological polar surface area (TPSA) is 139 Å². The summed E-state index contributed by atoms with van der Waals surface area (Å²) in [7, 11) is -3.36. The number of carbonyl (C=O) groups excluding carboxylic acids is 1. The minimum atomic E-state index is -3.36. The summed E-state index contributed by atoms with van der Waals surface area (Å²) in [6, 6.07) is 6.36. The van der Waals surface area contributed by atoms with E-state index in [2.05, 4.69) is 20.4 Å². The quantitative estimate of drug-likeness (QED) is 0.225. The number of nitrogens with one attached hydrogen (secondary N) is 1. The van der Waals surface area contributed by atoms with E-state index < -0.39 is 16.1 Å². The molecule has 1 saturated carbocycles. The van der Waals surface area contributed by atoms with Gasteiger partial charge >= 0.3 is 6.03 Å². The van der Waals surface area contributed by atoms with Gasteiger partial charge in [0, 0.05) is 23.2 Å². The molecule has 1 aromatic carbocycles. The molecule has 11 nitrogen and oxygen atoms in total. The SMILES string of the molecule is C/C(=C\C(=N/O)NC(=O)n1ccc2cc(Oc3ncnc4c3C[C@H](C)N(S(C)(=O)=O)C4)ccc21)C1CC1. The largest absolute Gasteiger partial charge is 0.439 e. The second-order valence-electron chi connectivity index (χ2n) is 9.55. The molecule has 194 valence electrons. The van der Waals surface area contributed by atoms with Crippen molar-refractivity contribution in [2.45, 2.75) is 45.7 Å². The summed E-state index contributed by atoms with van der Waals surface area (Å²) in [5.74, 6) is 1.48. The Morgan fingerprint density at radius 3 is 2.76 bits per heavy atom. The molecule has 12 heteroatoms. The standard InChI is InChI=1S/C25H28N6O5S/c1-15(17-4-5-17)10-23(29-33)28-25(32)30-9-8-18-12-19(6-7-22(18)30)36-24-20-11-16(2)31(37(3,34)35)13-21(20)26-14-27-24/h6-10,12,14,16-17,33H,4-5,11,13H2,1-3H3,(H,28,29,32)/b15-10+/t16-/m0/s1. The van der Waals surface area contributed by atoms with Crippen molar-refractivity contribution in [1.29, 1.82) is 0 Å². The number of sulfonamides is 1. The number of hydrogen-bond donors (Lipinski definition) is 2. The Labute approximate surface area is 214 Å². The van der Waals surface area contributed by atoms with Crippen LogP contribution in [0, 0.1) is 5.92 Å². The summed E-state index contributed by atoms with van der Waals surface area (Å²) in [5, 5.41) is 15.9. The van der Waals surface area contributed by atoms with Crippen LogP contribution in [0.3, 0.4) is 0 Å². The van der Waals surface area contributed by atoms with E-state index in [1.807, 2.05) is 13.8 Å². The first-order valence-electron chi connectivity index (χ1n) is 11.9. The van der Waals surface area contributed by atoms with Crippen molar-refractivity contribution in [3.63, 3.8) is 0 Å². The molecule has 3 heterocycles. The van der Waals surface area contributed by atoms with Crippen LogP contribution >= 0.6 is 0 Å². The summed E-state index contributed by atoms with van der Waals surface area (Å²) in [6.45, 7) is 3.97. The predicted molar refractivity (Wildman–Crippen MR) is 137 cm³/mol. The fourth-order valence-electron chi connectivity index (χ4n) is 4.61. The van der Waals surface area contributed by atoms with Crippen LogP contribution in [0.2, 0.25) is 0 Å². The normalized spacial score (nSPS) is 19.1. The van der Waals surface area contributed by atoms with Gasteiger partial charge < -0.3 is 9.94 Å². The highest BCUT2D eigenvalue weighted by atomic mass is 32.2. The molecule has 1 aliphatic heterocycles. The number of carbonyl (C=O) groups is 1. The maximum absolute atomic E-state index is 12.9. The van der Waals surface area contributed by atoms with Crippen molar-refractivity contribution in [2.24, 2.45) is 11.1 Å². The molecule has 0 radical (unpaired) electrons. The Morgan fingerprint density at radius 1 is 1.27 bits per heavy atom. The monoisotopic (exact) mass is 524 g/mol. The molecule has 1 amide bonds. The van der Waals surface area contributed by atoms with Crippen LogP contribution in [-0.2, 0) is 23.0 Å². The number of rotatable bonds is 5. The third-order valence-electron chi connectivity index (χ3n) is 6.74. The molecule has 2 aliphatic rings. The molecule has 0 spiro atoms. The molecule has 1 fully saturated rings. The van der Waals surface area contributed by atoms with Crippen molar-refractivity contribution in [3.05, 3.63) is 59.7 Å². The van der Waals surface area contributed by atoms with Crippen LogP contribution in [-0.4, -0.2) is 56.6 Å². The number of hydrogen-bond acceptors (Lipinski definition) is 8. The molecular weight excluding hydrogens is 496 g/mol. The first-order chi connectivity index (χ1) is 17.6. The number of fused-ring (bicyclic) bond motifs is 2.